The molecule has 1 aliphatic heterocycles. The first-order valence-electron chi connectivity index (χ1n) is 12.1. The van der Waals surface area contributed by atoms with E-state index in [0.29, 0.717) is 23.9 Å². The second kappa shape index (κ2) is 13.1. The largest absolute Gasteiger partial charge is 0.493 e. The molecule has 1 fully saturated rings. The zero-order valence-electron chi connectivity index (χ0n) is 21.8. The highest BCUT2D eigenvalue weighted by atomic mass is 16.5. The average molecular weight is 500 g/mol. The van der Waals surface area contributed by atoms with Crippen molar-refractivity contribution in [2.45, 2.75) is 38.5 Å². The molecule has 3 rings (SSSR count). The molecular weight excluding hydrogens is 462 g/mol. The van der Waals surface area contributed by atoms with Crippen molar-refractivity contribution in [3.8, 4) is 17.2 Å². The second-order valence-electron chi connectivity index (χ2n) is 9.05. The fourth-order valence-corrected chi connectivity index (χ4v) is 4.04. The van der Waals surface area contributed by atoms with Gasteiger partial charge in [0.25, 0.3) is 5.91 Å². The van der Waals surface area contributed by atoms with E-state index in [0.717, 1.165) is 37.1 Å². The molecule has 0 aromatic heterocycles. The van der Waals surface area contributed by atoms with Gasteiger partial charge in [0.2, 0.25) is 11.7 Å². The molecule has 0 radical (unpaired) electrons. The van der Waals surface area contributed by atoms with Crippen molar-refractivity contribution in [3.63, 3.8) is 0 Å². The molecule has 2 aromatic carbocycles. The second-order valence-corrected chi connectivity index (χ2v) is 9.05. The first-order valence-corrected chi connectivity index (χ1v) is 12.1. The quantitative estimate of drug-likeness (QED) is 0.490. The van der Waals surface area contributed by atoms with Gasteiger partial charge in [-0.15, -0.1) is 0 Å². The molecule has 0 bridgehead atoms. The lowest BCUT2D eigenvalue weighted by atomic mass is 10.0. The molecule has 1 atom stereocenters. The maximum atomic E-state index is 13.1. The fraction of sp³-hybridized carbons (Fsp3) is 0.481. The van der Waals surface area contributed by atoms with Crippen LogP contribution in [0.5, 0.6) is 17.2 Å². The Morgan fingerprint density at radius 3 is 2.19 bits per heavy atom. The SMILES string of the molecule is COC[C@H](NC(=O)c1cc(OC)c(OCc2ccc(C)cc2)c(OC)c1)C(=O)NC1CCN(C)CC1. The standard InChI is InChI=1S/C27H37N3O6/c1-18-6-8-19(9-7-18)16-36-25-23(34-4)14-20(15-24(25)35-5)26(31)29-22(17-33-3)27(32)28-21-10-12-30(2)13-11-21/h6-9,14-15,21-22H,10-13,16-17H2,1-5H3,(H,28,32)(H,29,31)/t22-/m0/s1. The van der Waals surface area contributed by atoms with Gasteiger partial charge in [0, 0.05) is 18.7 Å². The maximum absolute atomic E-state index is 13.1. The Morgan fingerprint density at radius 1 is 1.03 bits per heavy atom. The van der Waals surface area contributed by atoms with Crippen LogP contribution in [0.3, 0.4) is 0 Å². The molecule has 1 saturated heterocycles. The highest BCUT2D eigenvalue weighted by Gasteiger charge is 2.26. The van der Waals surface area contributed by atoms with Gasteiger partial charge in [-0.1, -0.05) is 29.8 Å². The minimum atomic E-state index is -0.836. The van der Waals surface area contributed by atoms with Crippen LogP contribution in [0, 0.1) is 6.92 Å². The van der Waals surface area contributed by atoms with Crippen LogP contribution >= 0.6 is 0 Å². The number of hydrogen-bond acceptors (Lipinski definition) is 7. The number of likely N-dealkylation sites (tertiary alicyclic amines) is 1. The number of carbonyl (C=O) groups excluding carboxylic acids is 2. The number of methoxy groups -OCH3 is 3. The molecular formula is C27H37N3O6. The van der Waals surface area contributed by atoms with E-state index in [1.165, 1.54) is 21.3 Å². The lowest BCUT2D eigenvalue weighted by Gasteiger charge is -2.30. The van der Waals surface area contributed by atoms with E-state index >= 15 is 0 Å². The average Bonchev–Trinajstić information content (AvgIpc) is 2.88. The third-order valence-electron chi connectivity index (χ3n) is 6.25. The van der Waals surface area contributed by atoms with E-state index in [2.05, 4.69) is 22.6 Å². The smallest absolute Gasteiger partial charge is 0.252 e. The first kappa shape index (κ1) is 27.3. The predicted molar refractivity (Wildman–Crippen MR) is 137 cm³/mol. The van der Waals surface area contributed by atoms with Gasteiger partial charge in [-0.25, -0.2) is 0 Å². The molecule has 0 saturated carbocycles. The number of piperidine rings is 1. The Labute approximate surface area is 213 Å². The van der Waals surface area contributed by atoms with E-state index in [4.69, 9.17) is 18.9 Å². The third-order valence-corrected chi connectivity index (χ3v) is 6.25. The van der Waals surface area contributed by atoms with Crippen LogP contribution in [-0.2, 0) is 16.1 Å². The van der Waals surface area contributed by atoms with Crippen molar-refractivity contribution < 1.29 is 28.5 Å². The maximum Gasteiger partial charge on any atom is 0.252 e. The van der Waals surface area contributed by atoms with Gasteiger partial charge in [0.1, 0.15) is 12.6 Å². The van der Waals surface area contributed by atoms with Gasteiger partial charge in [0.05, 0.1) is 20.8 Å². The zero-order valence-corrected chi connectivity index (χ0v) is 21.8. The highest BCUT2D eigenvalue weighted by Crippen LogP contribution is 2.39. The first-order chi connectivity index (χ1) is 17.3. The summed E-state index contributed by atoms with van der Waals surface area (Å²) in [7, 11) is 6.55. The normalized spacial score (nSPS) is 15.1. The molecule has 2 N–H and O–H groups in total. The van der Waals surface area contributed by atoms with Gasteiger partial charge >= 0.3 is 0 Å². The van der Waals surface area contributed by atoms with Crippen molar-refractivity contribution in [1.82, 2.24) is 15.5 Å². The van der Waals surface area contributed by atoms with Crippen LogP contribution in [0.4, 0.5) is 0 Å². The lowest BCUT2D eigenvalue weighted by Crippen LogP contribution is -2.53. The number of ether oxygens (including phenoxy) is 4. The van der Waals surface area contributed by atoms with Gasteiger partial charge in [0.15, 0.2) is 11.5 Å². The summed E-state index contributed by atoms with van der Waals surface area (Å²) in [6.45, 7) is 4.23. The molecule has 9 heteroatoms. The Hall–Kier alpha value is -3.30. The molecule has 2 amide bonds. The van der Waals surface area contributed by atoms with E-state index in [-0.39, 0.29) is 24.1 Å². The number of aryl methyl sites for hydroxylation is 1. The Balaban J connectivity index is 1.71. The number of benzene rings is 2. The van der Waals surface area contributed by atoms with Gasteiger partial charge in [-0.2, -0.15) is 0 Å². The third kappa shape index (κ3) is 7.35. The zero-order chi connectivity index (χ0) is 26.1. The fourth-order valence-electron chi connectivity index (χ4n) is 4.04. The number of amides is 2. The summed E-state index contributed by atoms with van der Waals surface area (Å²) in [6, 6.07) is 10.4. The van der Waals surface area contributed by atoms with Crippen LogP contribution < -0.4 is 24.8 Å². The topological polar surface area (TPSA) is 98.4 Å². The molecule has 36 heavy (non-hydrogen) atoms. The van der Waals surface area contributed by atoms with Crippen LogP contribution in [0.25, 0.3) is 0 Å². The molecule has 9 nitrogen and oxygen atoms in total. The summed E-state index contributed by atoms with van der Waals surface area (Å²) < 4.78 is 22.2. The lowest BCUT2D eigenvalue weighted by molar-refractivity contribution is -0.125. The molecule has 0 aliphatic carbocycles. The Kier molecular flexibility index (Phi) is 9.95. The minimum absolute atomic E-state index is 0.0518. The monoisotopic (exact) mass is 499 g/mol. The Morgan fingerprint density at radius 2 is 1.64 bits per heavy atom. The van der Waals surface area contributed by atoms with E-state index in [9.17, 15) is 9.59 Å². The summed E-state index contributed by atoms with van der Waals surface area (Å²) in [5.41, 5.74) is 2.43. The Bertz CT molecular complexity index is 994. The van der Waals surface area contributed by atoms with Gasteiger partial charge in [-0.05, 0) is 57.6 Å². The summed E-state index contributed by atoms with van der Waals surface area (Å²) in [5, 5.41) is 5.82. The highest BCUT2D eigenvalue weighted by molar-refractivity contribution is 5.98. The number of hydrogen-bond donors (Lipinski definition) is 2. The van der Waals surface area contributed by atoms with Crippen molar-refractivity contribution >= 4 is 11.8 Å². The van der Waals surface area contributed by atoms with E-state index < -0.39 is 11.9 Å². The molecule has 1 aliphatic rings. The summed E-state index contributed by atoms with van der Waals surface area (Å²) in [6.07, 6.45) is 1.74. The number of carbonyl (C=O) groups is 2. The van der Waals surface area contributed by atoms with E-state index in [1.807, 2.05) is 31.2 Å². The van der Waals surface area contributed by atoms with Crippen molar-refractivity contribution in [1.29, 1.82) is 0 Å². The predicted octanol–water partition coefficient (Wildman–Crippen LogP) is 2.55. The van der Waals surface area contributed by atoms with Crippen molar-refractivity contribution in [2.24, 2.45) is 0 Å². The van der Waals surface area contributed by atoms with Crippen molar-refractivity contribution in [3.05, 3.63) is 53.1 Å². The molecule has 0 spiro atoms. The molecule has 1 heterocycles. The van der Waals surface area contributed by atoms with Crippen LogP contribution in [0.2, 0.25) is 0 Å². The molecule has 2 aromatic rings. The van der Waals surface area contributed by atoms with Crippen LogP contribution in [0.15, 0.2) is 36.4 Å². The summed E-state index contributed by atoms with van der Waals surface area (Å²) >= 11 is 0. The minimum Gasteiger partial charge on any atom is -0.493 e. The van der Waals surface area contributed by atoms with Gasteiger partial charge in [-0.3, -0.25) is 9.59 Å². The van der Waals surface area contributed by atoms with Gasteiger partial charge < -0.3 is 34.5 Å². The summed E-state index contributed by atoms with van der Waals surface area (Å²) in [4.78, 5) is 28.3. The number of nitrogens with zero attached hydrogens (tertiary/aromatic N) is 1. The molecule has 0 unspecified atom stereocenters. The van der Waals surface area contributed by atoms with Crippen LogP contribution in [-0.4, -0.2) is 76.9 Å². The van der Waals surface area contributed by atoms with Crippen LogP contribution in [0.1, 0.15) is 34.3 Å². The van der Waals surface area contributed by atoms with Crippen molar-refractivity contribution in [2.75, 3.05) is 48.1 Å². The summed E-state index contributed by atoms with van der Waals surface area (Å²) in [5.74, 6) is 0.385. The van der Waals surface area contributed by atoms with E-state index in [1.54, 1.807) is 12.1 Å². The number of rotatable bonds is 11. The molecule has 196 valence electrons. The number of nitrogens with one attached hydrogen (secondary N) is 2.